The third-order valence-electron chi connectivity index (χ3n) is 6.22. The van der Waals surface area contributed by atoms with Crippen molar-refractivity contribution in [2.75, 3.05) is 13.6 Å². The topological polar surface area (TPSA) is 129 Å². The van der Waals surface area contributed by atoms with Crippen LogP contribution < -0.4 is 5.32 Å². The summed E-state index contributed by atoms with van der Waals surface area (Å²) in [5.74, 6) is -2.90. The quantitative estimate of drug-likeness (QED) is 0.546. The van der Waals surface area contributed by atoms with Crippen LogP contribution in [0.15, 0.2) is 9.99 Å². The SMILES string of the molecule is CC(C)[C@H]1C(=O)N[C@H](C(=O)O)Cc2nc(Br)sc2/C=C/[C@@H]2[C@H](CCN2C(=O)OC(C)(C)C)C(=O)N1C. The molecular weight excluding hydrogens is 552 g/mol. The molecule has 3 rings (SSSR count). The number of thiazole rings is 1. The second-order valence-corrected chi connectivity index (χ2v) is 12.7. The van der Waals surface area contributed by atoms with Gasteiger partial charge in [-0.2, -0.15) is 0 Å². The number of carboxylic acids is 1. The molecule has 1 fully saturated rings. The third-order valence-corrected chi connectivity index (χ3v) is 7.74. The van der Waals surface area contributed by atoms with Gasteiger partial charge in [-0.3, -0.25) is 9.59 Å². The fourth-order valence-corrected chi connectivity index (χ4v) is 6.10. The number of fused-ring (bicyclic) bond motifs is 2. The number of nitrogens with one attached hydrogen (secondary N) is 1. The van der Waals surface area contributed by atoms with Crippen molar-refractivity contribution in [2.24, 2.45) is 11.8 Å². The first-order valence-corrected chi connectivity index (χ1v) is 13.4. The summed E-state index contributed by atoms with van der Waals surface area (Å²) in [5, 5.41) is 12.4. The summed E-state index contributed by atoms with van der Waals surface area (Å²) in [6.45, 7) is 9.27. The minimum absolute atomic E-state index is 0.0325. The fraction of sp³-hybridized carbons (Fsp3) is 0.625. The predicted molar refractivity (Wildman–Crippen MR) is 138 cm³/mol. The van der Waals surface area contributed by atoms with Crippen LogP contribution in [0.5, 0.6) is 0 Å². The number of carbonyl (C=O) groups excluding carboxylic acids is 3. The molecule has 1 saturated heterocycles. The van der Waals surface area contributed by atoms with Crippen LogP contribution in [-0.4, -0.2) is 81.1 Å². The van der Waals surface area contributed by atoms with Gasteiger partial charge in [-0.25, -0.2) is 14.6 Å². The molecule has 12 heteroatoms. The van der Waals surface area contributed by atoms with Crippen LogP contribution in [0.3, 0.4) is 0 Å². The normalized spacial score (nSPS) is 26.3. The Labute approximate surface area is 223 Å². The van der Waals surface area contributed by atoms with Crippen LogP contribution >= 0.6 is 27.3 Å². The number of hydrogen-bond acceptors (Lipinski definition) is 7. The number of ether oxygens (including phenoxy) is 1. The summed E-state index contributed by atoms with van der Waals surface area (Å²) < 4.78 is 6.16. The number of likely N-dealkylation sites (N-methyl/N-ethyl adjacent to an activating group) is 1. The maximum absolute atomic E-state index is 13.7. The molecular formula is C24H33BrN4O6S. The minimum atomic E-state index is -1.22. The molecule has 2 aliphatic heterocycles. The van der Waals surface area contributed by atoms with Crippen molar-refractivity contribution < 1.29 is 29.0 Å². The monoisotopic (exact) mass is 584 g/mol. The number of hydrogen-bond donors (Lipinski definition) is 2. The van der Waals surface area contributed by atoms with Crippen LogP contribution in [0.1, 0.15) is 51.6 Å². The Balaban J connectivity index is 2.10. The van der Waals surface area contributed by atoms with Gasteiger partial charge in [0.15, 0.2) is 3.92 Å². The van der Waals surface area contributed by atoms with E-state index in [2.05, 4.69) is 26.2 Å². The van der Waals surface area contributed by atoms with E-state index in [9.17, 15) is 24.3 Å². The van der Waals surface area contributed by atoms with E-state index in [1.54, 1.807) is 53.8 Å². The Hall–Kier alpha value is -2.47. The molecule has 2 aliphatic rings. The van der Waals surface area contributed by atoms with E-state index in [1.807, 2.05) is 0 Å². The largest absolute Gasteiger partial charge is 0.480 e. The van der Waals surface area contributed by atoms with Crippen LogP contribution in [0, 0.1) is 11.8 Å². The standard InChI is InChI=1S/C24H33BrN4O6S/c1-12(2)18-19(30)26-15(21(32)33)11-14-17(36-22(25)27-14)8-7-16-13(20(31)28(18)6)9-10-29(16)23(34)35-24(3,4)5/h7-8,12-13,15-16,18H,9-11H2,1-6H3,(H,26,30)(H,32,33)/b8-7+/t13-,15-,16+,18-/m0/s1. The molecule has 36 heavy (non-hydrogen) atoms. The highest BCUT2D eigenvalue weighted by atomic mass is 79.9. The number of carbonyl (C=O) groups is 4. The smallest absolute Gasteiger partial charge is 0.410 e. The van der Waals surface area contributed by atoms with Crippen molar-refractivity contribution in [3.63, 3.8) is 0 Å². The van der Waals surface area contributed by atoms with Gasteiger partial charge in [-0.1, -0.05) is 19.9 Å². The third kappa shape index (κ3) is 6.26. The Morgan fingerprint density at radius 2 is 1.97 bits per heavy atom. The van der Waals surface area contributed by atoms with Gasteiger partial charge in [0.25, 0.3) is 0 Å². The zero-order chi connectivity index (χ0) is 26.9. The molecule has 198 valence electrons. The molecule has 10 nitrogen and oxygen atoms in total. The van der Waals surface area contributed by atoms with Crippen molar-refractivity contribution in [3.05, 3.63) is 20.6 Å². The van der Waals surface area contributed by atoms with E-state index in [-0.39, 0.29) is 18.2 Å². The first-order valence-electron chi connectivity index (χ1n) is 11.8. The van der Waals surface area contributed by atoms with Gasteiger partial charge < -0.3 is 25.0 Å². The van der Waals surface area contributed by atoms with Crippen molar-refractivity contribution in [1.29, 1.82) is 0 Å². The molecule has 1 aromatic heterocycles. The molecule has 0 saturated carbocycles. The summed E-state index contributed by atoms with van der Waals surface area (Å²) >= 11 is 4.66. The summed E-state index contributed by atoms with van der Waals surface area (Å²) in [6, 6.07) is -2.71. The van der Waals surface area contributed by atoms with Gasteiger partial charge >= 0.3 is 12.1 Å². The van der Waals surface area contributed by atoms with E-state index >= 15 is 0 Å². The molecule has 0 radical (unpaired) electrons. The van der Waals surface area contributed by atoms with Gasteiger partial charge in [0.2, 0.25) is 11.8 Å². The highest BCUT2D eigenvalue weighted by Gasteiger charge is 2.45. The van der Waals surface area contributed by atoms with Crippen molar-refractivity contribution >= 4 is 57.2 Å². The lowest BCUT2D eigenvalue weighted by atomic mass is 9.95. The number of aromatic nitrogens is 1. The van der Waals surface area contributed by atoms with Crippen LogP contribution in [0.25, 0.3) is 6.08 Å². The zero-order valence-electron chi connectivity index (χ0n) is 21.3. The lowest BCUT2D eigenvalue weighted by Crippen LogP contribution is -2.56. The lowest BCUT2D eigenvalue weighted by Gasteiger charge is -2.34. The molecule has 0 spiro atoms. The minimum Gasteiger partial charge on any atom is -0.480 e. The Bertz CT molecular complexity index is 1070. The summed E-state index contributed by atoms with van der Waals surface area (Å²) in [4.78, 5) is 60.0. The number of carboxylic acid groups (broad SMARTS) is 1. The van der Waals surface area contributed by atoms with E-state index < -0.39 is 47.6 Å². The van der Waals surface area contributed by atoms with Gasteiger partial charge in [0.05, 0.1) is 22.5 Å². The Kier molecular flexibility index (Phi) is 8.49. The average Bonchev–Trinajstić information content (AvgIpc) is 3.31. The first kappa shape index (κ1) is 28.1. The average molecular weight is 586 g/mol. The second kappa shape index (κ2) is 10.9. The maximum Gasteiger partial charge on any atom is 0.410 e. The number of amides is 3. The maximum atomic E-state index is 13.7. The van der Waals surface area contributed by atoms with Gasteiger partial charge in [0.1, 0.15) is 17.7 Å². The molecule has 4 atom stereocenters. The highest BCUT2D eigenvalue weighted by molar-refractivity contribution is 9.11. The molecule has 0 aromatic carbocycles. The first-order chi connectivity index (χ1) is 16.7. The van der Waals surface area contributed by atoms with Crippen LogP contribution in [0.2, 0.25) is 0 Å². The lowest BCUT2D eigenvalue weighted by molar-refractivity contribution is -0.146. The summed E-state index contributed by atoms with van der Waals surface area (Å²) in [7, 11) is 1.55. The Morgan fingerprint density at radius 3 is 2.56 bits per heavy atom. The van der Waals surface area contributed by atoms with Crippen molar-refractivity contribution in [1.82, 2.24) is 20.1 Å². The fourth-order valence-electron chi connectivity index (χ4n) is 4.63. The second-order valence-electron chi connectivity index (χ2n) is 10.4. The van der Waals surface area contributed by atoms with Gasteiger partial charge in [-0.05, 0) is 55.1 Å². The van der Waals surface area contributed by atoms with Crippen LogP contribution in [0.4, 0.5) is 4.79 Å². The number of nitrogens with zero attached hydrogens (tertiary/aromatic N) is 3. The molecule has 2 N–H and O–H groups in total. The Morgan fingerprint density at radius 1 is 1.31 bits per heavy atom. The van der Waals surface area contributed by atoms with Gasteiger partial charge in [-0.15, -0.1) is 11.3 Å². The molecule has 3 amide bonds. The van der Waals surface area contributed by atoms with E-state index in [0.717, 1.165) is 0 Å². The zero-order valence-corrected chi connectivity index (χ0v) is 23.7. The predicted octanol–water partition coefficient (Wildman–Crippen LogP) is 3.15. The van der Waals surface area contributed by atoms with Crippen molar-refractivity contribution in [3.8, 4) is 0 Å². The molecule has 3 heterocycles. The summed E-state index contributed by atoms with van der Waals surface area (Å²) in [6.07, 6.45) is 3.40. The molecule has 0 bridgehead atoms. The van der Waals surface area contributed by atoms with E-state index in [4.69, 9.17) is 4.74 Å². The van der Waals surface area contributed by atoms with Gasteiger partial charge in [0, 0.05) is 20.0 Å². The number of likely N-dealkylation sites (tertiary alicyclic amines) is 1. The van der Waals surface area contributed by atoms with Crippen molar-refractivity contribution in [2.45, 2.75) is 71.2 Å². The molecule has 1 aromatic rings. The number of rotatable bonds is 2. The molecule has 0 aliphatic carbocycles. The van der Waals surface area contributed by atoms with Crippen LogP contribution in [-0.2, 0) is 25.5 Å². The number of halogens is 1. The highest BCUT2D eigenvalue weighted by Crippen LogP contribution is 2.32. The number of aliphatic carboxylic acids is 1. The molecule has 0 unspecified atom stereocenters. The summed E-state index contributed by atoms with van der Waals surface area (Å²) in [5.41, 5.74) is -0.208. The van der Waals surface area contributed by atoms with E-state index in [1.165, 1.54) is 21.1 Å². The van der Waals surface area contributed by atoms with E-state index in [0.29, 0.717) is 27.5 Å².